The molecule has 0 aliphatic carbocycles. The third-order valence-electron chi connectivity index (χ3n) is 1.98. The minimum absolute atomic E-state index is 0.0271. The molecule has 0 spiro atoms. The van der Waals surface area contributed by atoms with Crippen LogP contribution in [-0.4, -0.2) is 37.9 Å². The summed E-state index contributed by atoms with van der Waals surface area (Å²) in [5, 5.41) is 0. The van der Waals surface area contributed by atoms with Crippen LogP contribution < -0.4 is 0 Å². The van der Waals surface area contributed by atoms with Crippen molar-refractivity contribution in [1.29, 1.82) is 0 Å². The molecule has 0 unspecified atom stereocenters. The normalized spacial score (nSPS) is 45.5. The van der Waals surface area contributed by atoms with Gasteiger partial charge in [0.2, 0.25) is 0 Å². The Balaban J connectivity index is 1.91. The fourth-order valence-electron chi connectivity index (χ4n) is 1.43. The van der Waals surface area contributed by atoms with Crippen molar-refractivity contribution in [3.63, 3.8) is 0 Å². The van der Waals surface area contributed by atoms with Crippen LogP contribution in [0.3, 0.4) is 0 Å². The zero-order chi connectivity index (χ0) is 9.31. The molecule has 70 valence electrons. The van der Waals surface area contributed by atoms with Gasteiger partial charge in [-0.3, -0.25) is 0 Å². The molecule has 2 aliphatic rings. The summed E-state index contributed by atoms with van der Waals surface area (Å²) >= 11 is 0. The van der Waals surface area contributed by atoms with Crippen LogP contribution in [-0.2, 0) is 0 Å². The first kappa shape index (κ1) is 10.7. The summed E-state index contributed by atoms with van der Waals surface area (Å²) < 4.78 is 1.78. The molecule has 0 radical (unpaired) electrons. The van der Waals surface area contributed by atoms with E-state index in [1.807, 2.05) is 0 Å². The van der Waals surface area contributed by atoms with Gasteiger partial charge < -0.3 is 0 Å². The second kappa shape index (κ2) is 2.88. The molecule has 2 saturated heterocycles. The van der Waals surface area contributed by atoms with Crippen molar-refractivity contribution in [2.75, 3.05) is 0 Å². The Morgan fingerprint density at radius 2 is 0.833 bits per heavy atom. The van der Waals surface area contributed by atoms with Crippen LogP contribution in [0.25, 0.3) is 0 Å². The first-order valence-electron chi connectivity index (χ1n) is 4.45. The van der Waals surface area contributed by atoms with Gasteiger partial charge in [-0.1, -0.05) is 0 Å². The predicted molar refractivity (Wildman–Crippen MR) is 62.4 cm³/mol. The maximum absolute atomic E-state index is 2.55. The van der Waals surface area contributed by atoms with E-state index in [-0.39, 0.29) is 37.9 Å². The molecule has 0 aromatic heterocycles. The molecule has 0 amide bonds. The molecule has 0 N–H and O–H groups in total. The second-order valence-corrected chi connectivity index (χ2v) is 121. The molecule has 2 aliphatic heterocycles. The van der Waals surface area contributed by atoms with Gasteiger partial charge in [0.15, 0.2) is 0 Å². The number of hydrogen-bond acceptors (Lipinski definition) is 0. The van der Waals surface area contributed by atoms with E-state index >= 15 is 0 Å². The van der Waals surface area contributed by atoms with Crippen molar-refractivity contribution in [3.05, 3.63) is 0 Å². The fraction of sp³-hybridized carbons (Fsp3) is 1.00. The van der Waals surface area contributed by atoms with Crippen LogP contribution in [0.2, 0.25) is 8.41 Å². The zero-order valence-corrected chi connectivity index (χ0v) is 16.3. The van der Waals surface area contributed by atoms with Crippen LogP contribution in [0, 0.1) is 0 Å². The summed E-state index contributed by atoms with van der Waals surface area (Å²) in [6.45, 7) is 15.3. The zero-order valence-electron chi connectivity index (χ0n) is 8.79. The molecule has 0 bridgehead atoms. The average molecular weight is 414 g/mol. The Morgan fingerprint density at radius 1 is 0.583 bits per heavy atom. The minimum atomic E-state index is 0.0271. The van der Waals surface area contributed by atoms with E-state index in [0.29, 0.717) is 0 Å². The van der Waals surface area contributed by atoms with Gasteiger partial charge in [0.05, 0.1) is 0 Å². The topological polar surface area (TPSA) is 0 Å². The van der Waals surface area contributed by atoms with Gasteiger partial charge in [0.1, 0.15) is 0 Å². The third kappa shape index (κ3) is 1.69. The van der Waals surface area contributed by atoms with Crippen LogP contribution in [0.4, 0.5) is 0 Å². The molecule has 0 atom stereocenters. The van der Waals surface area contributed by atoms with Gasteiger partial charge in [-0.25, -0.2) is 0 Å². The van der Waals surface area contributed by atoms with Crippen molar-refractivity contribution in [1.82, 2.24) is 0 Å². The first-order chi connectivity index (χ1) is 5.24. The van der Waals surface area contributed by atoms with Crippen molar-refractivity contribution >= 4 is 37.9 Å². The molecule has 2 fully saturated rings. The standard InChI is InChI=1S/C8H18As4/c1-7(2,3)9-11-10(12(9)11)8(4,5)6/h1-6H3. The number of rotatable bonds is 0. The Labute approximate surface area is 86.7 Å². The summed E-state index contributed by atoms with van der Waals surface area (Å²) in [4.78, 5) is 0. The van der Waals surface area contributed by atoms with Gasteiger partial charge in [-0.15, -0.1) is 0 Å². The van der Waals surface area contributed by atoms with E-state index < -0.39 is 0 Å². The predicted octanol–water partition coefficient (Wildman–Crippen LogP) is 1.98. The SMILES string of the molecule is CC(C)(C)[As]1[As]2[As]1[As]2C(C)(C)C. The molecular weight excluding hydrogens is 396 g/mol. The quantitative estimate of drug-likeness (QED) is 0.533. The van der Waals surface area contributed by atoms with E-state index in [0.717, 1.165) is 8.41 Å². The van der Waals surface area contributed by atoms with E-state index in [4.69, 9.17) is 0 Å². The molecule has 0 aromatic rings. The Hall–Kier alpha value is 2.23. The summed E-state index contributed by atoms with van der Waals surface area (Å²) in [5.41, 5.74) is 0. The molecule has 4 heteroatoms. The number of fused-ring (bicyclic) bond motifs is 1. The summed E-state index contributed by atoms with van der Waals surface area (Å²) in [5.74, 6) is 0. The average Bonchev–Trinajstić information content (AvgIpc) is 2.29. The van der Waals surface area contributed by atoms with Crippen molar-refractivity contribution < 1.29 is 0 Å². The molecule has 12 heavy (non-hydrogen) atoms. The summed E-state index contributed by atoms with van der Waals surface area (Å²) in [7, 11) is 0.394. The van der Waals surface area contributed by atoms with Gasteiger partial charge in [-0.2, -0.15) is 0 Å². The molecule has 0 aromatic carbocycles. The van der Waals surface area contributed by atoms with Crippen LogP contribution >= 0.6 is 0 Å². The van der Waals surface area contributed by atoms with Crippen molar-refractivity contribution in [3.8, 4) is 0 Å². The van der Waals surface area contributed by atoms with Crippen LogP contribution in [0.15, 0.2) is 0 Å². The molecule has 2 rings (SSSR count). The Kier molecular flexibility index (Phi) is 2.58. The molecule has 2 heterocycles. The van der Waals surface area contributed by atoms with E-state index in [1.54, 1.807) is 0 Å². The Bertz CT molecular complexity index is 180. The first-order valence-corrected chi connectivity index (χ1v) is 32.3. The third-order valence-corrected chi connectivity index (χ3v) is 283. The van der Waals surface area contributed by atoms with Crippen LogP contribution in [0.1, 0.15) is 41.5 Å². The van der Waals surface area contributed by atoms with Gasteiger partial charge in [0.25, 0.3) is 0 Å². The molecule has 0 nitrogen and oxygen atoms in total. The second-order valence-electron chi connectivity index (χ2n) is 5.46. The maximum atomic E-state index is 2.55. The van der Waals surface area contributed by atoms with Gasteiger partial charge >= 0.3 is 87.9 Å². The van der Waals surface area contributed by atoms with Crippen LogP contribution in [0.5, 0.6) is 0 Å². The monoisotopic (exact) mass is 414 g/mol. The Morgan fingerprint density at radius 3 is 1.00 bits per heavy atom. The fourth-order valence-corrected chi connectivity index (χ4v) is 603. The molecule has 0 saturated carbocycles. The summed E-state index contributed by atoms with van der Waals surface area (Å²) in [6.07, 6.45) is 0. The van der Waals surface area contributed by atoms with E-state index in [2.05, 4.69) is 41.5 Å². The van der Waals surface area contributed by atoms with Gasteiger partial charge in [0, 0.05) is 0 Å². The molecular formula is C8H18As4. The van der Waals surface area contributed by atoms with E-state index in [1.165, 1.54) is 0 Å². The van der Waals surface area contributed by atoms with Crippen molar-refractivity contribution in [2.24, 2.45) is 0 Å². The summed E-state index contributed by atoms with van der Waals surface area (Å²) in [6, 6.07) is 0. The van der Waals surface area contributed by atoms with E-state index in [9.17, 15) is 0 Å². The van der Waals surface area contributed by atoms with Crippen molar-refractivity contribution in [2.45, 2.75) is 49.9 Å². The van der Waals surface area contributed by atoms with Gasteiger partial charge in [-0.05, 0) is 0 Å². The number of hydrogen-bond donors (Lipinski definition) is 0.